The topological polar surface area (TPSA) is 52.1 Å². The zero-order chi connectivity index (χ0) is 18.8. The minimum absolute atomic E-state index is 0.548. The highest BCUT2D eigenvalue weighted by Gasteiger charge is 2.22. The SMILES string of the molecule is CN=C(NCCC1CCN(C)CC1)NCC(CC(C)C)N1CCOCC1. The van der Waals surface area contributed by atoms with E-state index in [2.05, 4.69) is 46.3 Å². The number of nitrogens with one attached hydrogen (secondary N) is 2. The third-order valence-electron chi connectivity index (χ3n) is 5.72. The van der Waals surface area contributed by atoms with E-state index in [0.717, 1.165) is 51.3 Å². The second kappa shape index (κ2) is 11.8. The number of rotatable bonds is 8. The van der Waals surface area contributed by atoms with Crippen molar-refractivity contribution in [1.29, 1.82) is 0 Å². The second-order valence-corrected chi connectivity index (χ2v) is 8.35. The van der Waals surface area contributed by atoms with E-state index < -0.39 is 0 Å². The van der Waals surface area contributed by atoms with Crippen molar-refractivity contribution >= 4 is 5.96 Å². The third kappa shape index (κ3) is 7.80. The predicted molar refractivity (Wildman–Crippen MR) is 110 cm³/mol. The molecule has 0 spiro atoms. The Labute approximate surface area is 160 Å². The average Bonchev–Trinajstić information content (AvgIpc) is 2.65. The van der Waals surface area contributed by atoms with Crippen molar-refractivity contribution in [1.82, 2.24) is 20.4 Å². The Morgan fingerprint density at radius 1 is 1.12 bits per heavy atom. The first kappa shape index (κ1) is 21.5. The zero-order valence-corrected chi connectivity index (χ0v) is 17.5. The van der Waals surface area contributed by atoms with Gasteiger partial charge < -0.3 is 20.3 Å². The normalized spacial score (nSPS) is 22.6. The fourth-order valence-electron chi connectivity index (χ4n) is 4.03. The molecular formula is C20H41N5O. The van der Waals surface area contributed by atoms with Crippen LogP contribution in [0.15, 0.2) is 4.99 Å². The summed E-state index contributed by atoms with van der Waals surface area (Å²) in [5.74, 6) is 2.50. The molecule has 6 nitrogen and oxygen atoms in total. The van der Waals surface area contributed by atoms with E-state index in [-0.39, 0.29) is 0 Å². The van der Waals surface area contributed by atoms with Gasteiger partial charge in [0.2, 0.25) is 0 Å². The molecule has 0 saturated carbocycles. The largest absolute Gasteiger partial charge is 0.379 e. The maximum absolute atomic E-state index is 5.52. The maximum atomic E-state index is 5.52. The van der Waals surface area contributed by atoms with Crippen LogP contribution in [-0.2, 0) is 4.74 Å². The lowest BCUT2D eigenvalue weighted by Gasteiger charge is -2.35. The number of piperidine rings is 1. The quantitative estimate of drug-likeness (QED) is 0.504. The van der Waals surface area contributed by atoms with Crippen LogP contribution in [0.3, 0.4) is 0 Å². The lowest BCUT2D eigenvalue weighted by molar-refractivity contribution is 0.0132. The molecule has 2 heterocycles. The summed E-state index contributed by atoms with van der Waals surface area (Å²) in [4.78, 5) is 9.43. The maximum Gasteiger partial charge on any atom is 0.191 e. The molecule has 152 valence electrons. The summed E-state index contributed by atoms with van der Waals surface area (Å²) in [6.07, 6.45) is 5.11. The van der Waals surface area contributed by atoms with Crippen LogP contribution < -0.4 is 10.6 Å². The summed E-state index contributed by atoms with van der Waals surface area (Å²) < 4.78 is 5.52. The Balaban J connectivity index is 1.71. The van der Waals surface area contributed by atoms with Gasteiger partial charge in [0.1, 0.15) is 0 Å². The summed E-state index contributed by atoms with van der Waals surface area (Å²) in [6.45, 7) is 12.9. The van der Waals surface area contributed by atoms with Crippen LogP contribution in [-0.4, -0.2) is 88.4 Å². The number of aliphatic imine (C=N–C) groups is 1. The Hall–Kier alpha value is -0.850. The molecule has 0 aromatic rings. The molecule has 2 aliphatic heterocycles. The van der Waals surface area contributed by atoms with Gasteiger partial charge in [0.15, 0.2) is 5.96 Å². The molecule has 0 aromatic carbocycles. The second-order valence-electron chi connectivity index (χ2n) is 8.35. The summed E-state index contributed by atoms with van der Waals surface area (Å²) in [7, 11) is 4.10. The summed E-state index contributed by atoms with van der Waals surface area (Å²) in [5, 5.41) is 7.09. The van der Waals surface area contributed by atoms with Gasteiger partial charge in [-0.05, 0) is 57.7 Å². The highest BCUT2D eigenvalue weighted by molar-refractivity contribution is 5.79. The zero-order valence-electron chi connectivity index (χ0n) is 17.5. The number of morpholine rings is 1. The summed E-state index contributed by atoms with van der Waals surface area (Å²) in [6, 6.07) is 0.548. The van der Waals surface area contributed by atoms with E-state index in [1.807, 2.05) is 7.05 Å². The number of hydrogen-bond donors (Lipinski definition) is 2. The van der Waals surface area contributed by atoms with Crippen LogP contribution in [0.25, 0.3) is 0 Å². The summed E-state index contributed by atoms with van der Waals surface area (Å²) in [5.41, 5.74) is 0. The lowest BCUT2D eigenvalue weighted by atomic mass is 9.94. The summed E-state index contributed by atoms with van der Waals surface area (Å²) >= 11 is 0. The minimum Gasteiger partial charge on any atom is -0.379 e. The van der Waals surface area contributed by atoms with E-state index in [4.69, 9.17) is 4.74 Å². The van der Waals surface area contributed by atoms with Crippen LogP contribution >= 0.6 is 0 Å². The standard InChI is InChI=1S/C20H41N5O/c1-17(2)15-19(25-11-13-26-14-12-25)16-23-20(21-3)22-8-5-18-6-9-24(4)10-7-18/h17-19H,5-16H2,1-4H3,(H2,21,22,23). The lowest BCUT2D eigenvalue weighted by Crippen LogP contribution is -2.51. The predicted octanol–water partition coefficient (Wildman–Crippen LogP) is 1.63. The Morgan fingerprint density at radius 2 is 1.81 bits per heavy atom. The third-order valence-corrected chi connectivity index (χ3v) is 5.72. The Morgan fingerprint density at radius 3 is 2.42 bits per heavy atom. The molecule has 1 atom stereocenters. The van der Waals surface area contributed by atoms with Crippen molar-refractivity contribution in [3.8, 4) is 0 Å². The van der Waals surface area contributed by atoms with Gasteiger partial charge >= 0.3 is 0 Å². The molecule has 2 rings (SSSR count). The van der Waals surface area contributed by atoms with Gasteiger partial charge in [-0.25, -0.2) is 0 Å². The molecule has 0 aromatic heterocycles. The van der Waals surface area contributed by atoms with Crippen LogP contribution in [0.1, 0.15) is 39.5 Å². The van der Waals surface area contributed by atoms with Gasteiger partial charge in [-0.3, -0.25) is 9.89 Å². The fraction of sp³-hybridized carbons (Fsp3) is 0.950. The van der Waals surface area contributed by atoms with Gasteiger partial charge in [-0.1, -0.05) is 13.8 Å². The molecule has 0 bridgehead atoms. The molecule has 2 aliphatic rings. The highest BCUT2D eigenvalue weighted by Crippen LogP contribution is 2.18. The van der Waals surface area contributed by atoms with Crippen LogP contribution in [0.4, 0.5) is 0 Å². The minimum atomic E-state index is 0.548. The van der Waals surface area contributed by atoms with Crippen molar-refractivity contribution < 1.29 is 4.74 Å². The van der Waals surface area contributed by atoms with Crippen molar-refractivity contribution in [2.24, 2.45) is 16.8 Å². The number of guanidine groups is 1. The Kier molecular flexibility index (Phi) is 9.72. The van der Waals surface area contributed by atoms with Crippen molar-refractivity contribution in [2.45, 2.75) is 45.6 Å². The Bertz CT molecular complexity index is 401. The van der Waals surface area contributed by atoms with E-state index in [1.54, 1.807) is 0 Å². The van der Waals surface area contributed by atoms with Crippen molar-refractivity contribution in [3.63, 3.8) is 0 Å². The van der Waals surface area contributed by atoms with Crippen molar-refractivity contribution in [3.05, 3.63) is 0 Å². The molecule has 1 unspecified atom stereocenters. The number of hydrogen-bond acceptors (Lipinski definition) is 4. The van der Waals surface area contributed by atoms with Gasteiger partial charge in [0.25, 0.3) is 0 Å². The average molecular weight is 368 g/mol. The first-order valence-electron chi connectivity index (χ1n) is 10.5. The first-order chi connectivity index (χ1) is 12.6. The van der Waals surface area contributed by atoms with Crippen LogP contribution in [0.5, 0.6) is 0 Å². The molecule has 2 N–H and O–H groups in total. The van der Waals surface area contributed by atoms with Gasteiger partial charge in [-0.15, -0.1) is 0 Å². The molecule has 0 radical (unpaired) electrons. The smallest absolute Gasteiger partial charge is 0.191 e. The first-order valence-corrected chi connectivity index (χ1v) is 10.5. The van der Waals surface area contributed by atoms with Crippen LogP contribution in [0, 0.1) is 11.8 Å². The molecule has 2 fully saturated rings. The van der Waals surface area contributed by atoms with E-state index >= 15 is 0 Å². The van der Waals surface area contributed by atoms with Crippen LogP contribution in [0.2, 0.25) is 0 Å². The van der Waals surface area contributed by atoms with Gasteiger partial charge in [-0.2, -0.15) is 0 Å². The monoisotopic (exact) mass is 367 g/mol. The van der Waals surface area contributed by atoms with E-state index in [1.165, 1.54) is 38.8 Å². The fourth-order valence-corrected chi connectivity index (χ4v) is 4.03. The number of nitrogens with zero attached hydrogens (tertiary/aromatic N) is 3. The molecule has 0 aliphatic carbocycles. The van der Waals surface area contributed by atoms with E-state index in [0.29, 0.717) is 12.0 Å². The van der Waals surface area contributed by atoms with Gasteiger partial charge in [0, 0.05) is 39.3 Å². The van der Waals surface area contributed by atoms with Crippen molar-refractivity contribution in [2.75, 3.05) is 66.6 Å². The molecule has 2 saturated heterocycles. The number of ether oxygens (including phenoxy) is 1. The van der Waals surface area contributed by atoms with E-state index in [9.17, 15) is 0 Å². The molecule has 26 heavy (non-hydrogen) atoms. The molecular weight excluding hydrogens is 326 g/mol. The number of likely N-dealkylation sites (tertiary alicyclic amines) is 1. The molecule has 6 heteroatoms. The van der Waals surface area contributed by atoms with Gasteiger partial charge in [0.05, 0.1) is 13.2 Å². The molecule has 0 amide bonds. The highest BCUT2D eigenvalue weighted by atomic mass is 16.5.